The van der Waals surface area contributed by atoms with Crippen LogP contribution in [0.5, 0.6) is 5.75 Å². The molecule has 10 heteroatoms. The molecule has 0 saturated carbocycles. The van der Waals surface area contributed by atoms with Crippen LogP contribution in [0.2, 0.25) is 5.02 Å². The fourth-order valence-corrected chi connectivity index (χ4v) is 3.39. The van der Waals surface area contributed by atoms with E-state index in [0.29, 0.717) is 18.7 Å². The third-order valence-electron chi connectivity index (χ3n) is 4.93. The van der Waals surface area contributed by atoms with Crippen molar-refractivity contribution in [2.75, 3.05) is 19.7 Å². The standard InChI is InChI=1S/C21H25ClN2O7/c22-14-9-13(11-1-3-12(4-2-11)20(29)24-8-7-23)5-6-15(14)30-21-19(28)18(27)17(26)16(10-25)31-21/h1-6,9,16-19,21,25-28H,7-8,10,23H2,(H,24,29)/t16-,17-,18+,19+,21+/m1/s1. The van der Waals surface area contributed by atoms with E-state index in [2.05, 4.69) is 5.32 Å². The number of rotatable bonds is 7. The highest BCUT2D eigenvalue weighted by molar-refractivity contribution is 6.32. The first-order valence-electron chi connectivity index (χ1n) is 9.71. The molecule has 0 aliphatic carbocycles. The molecule has 7 N–H and O–H groups in total. The molecule has 0 spiro atoms. The van der Waals surface area contributed by atoms with Gasteiger partial charge < -0.3 is 41.0 Å². The van der Waals surface area contributed by atoms with Gasteiger partial charge in [-0.3, -0.25) is 4.79 Å². The van der Waals surface area contributed by atoms with Gasteiger partial charge in [0.25, 0.3) is 5.91 Å². The molecule has 2 aromatic carbocycles. The number of carbonyl (C=O) groups is 1. The molecule has 5 atom stereocenters. The van der Waals surface area contributed by atoms with Crippen molar-refractivity contribution in [1.82, 2.24) is 5.32 Å². The van der Waals surface area contributed by atoms with Gasteiger partial charge in [0.05, 0.1) is 11.6 Å². The molecule has 1 amide bonds. The Morgan fingerprint density at radius 2 is 1.74 bits per heavy atom. The summed E-state index contributed by atoms with van der Waals surface area (Å²) < 4.78 is 10.9. The van der Waals surface area contributed by atoms with Crippen molar-refractivity contribution in [2.24, 2.45) is 5.73 Å². The van der Waals surface area contributed by atoms with Crippen molar-refractivity contribution in [3.63, 3.8) is 0 Å². The first kappa shape index (κ1) is 23.4. The number of benzene rings is 2. The zero-order valence-electron chi connectivity index (χ0n) is 16.5. The summed E-state index contributed by atoms with van der Waals surface area (Å²) in [6.45, 7) is 0.198. The van der Waals surface area contributed by atoms with Gasteiger partial charge in [-0.2, -0.15) is 0 Å². The molecule has 3 rings (SSSR count). The number of halogens is 1. The highest BCUT2D eigenvalue weighted by Crippen LogP contribution is 2.33. The normalized spacial score (nSPS) is 25.8. The maximum Gasteiger partial charge on any atom is 0.251 e. The number of nitrogens with two attached hydrogens (primary N) is 1. The lowest BCUT2D eigenvalue weighted by Crippen LogP contribution is -2.60. The van der Waals surface area contributed by atoms with Crippen LogP contribution >= 0.6 is 11.6 Å². The molecule has 31 heavy (non-hydrogen) atoms. The molecule has 0 unspecified atom stereocenters. The number of nitrogens with one attached hydrogen (secondary N) is 1. The number of ether oxygens (including phenoxy) is 2. The van der Waals surface area contributed by atoms with E-state index in [1.807, 2.05) is 0 Å². The van der Waals surface area contributed by atoms with E-state index >= 15 is 0 Å². The van der Waals surface area contributed by atoms with Crippen molar-refractivity contribution < 1.29 is 34.7 Å². The Morgan fingerprint density at radius 1 is 1.06 bits per heavy atom. The average molecular weight is 453 g/mol. The molecule has 0 aromatic heterocycles. The van der Waals surface area contributed by atoms with Gasteiger partial charge in [0.1, 0.15) is 30.2 Å². The van der Waals surface area contributed by atoms with Crippen molar-refractivity contribution in [3.05, 3.63) is 53.1 Å². The zero-order chi connectivity index (χ0) is 22.5. The second-order valence-electron chi connectivity index (χ2n) is 7.08. The maximum absolute atomic E-state index is 12.0. The van der Waals surface area contributed by atoms with Crippen LogP contribution in [0.25, 0.3) is 11.1 Å². The van der Waals surface area contributed by atoms with E-state index in [1.165, 1.54) is 0 Å². The average Bonchev–Trinajstić information content (AvgIpc) is 2.79. The molecular weight excluding hydrogens is 428 g/mol. The quantitative estimate of drug-likeness (QED) is 0.339. The lowest BCUT2D eigenvalue weighted by atomic mass is 9.99. The Kier molecular flexibility index (Phi) is 7.84. The number of aliphatic hydroxyl groups excluding tert-OH is 4. The largest absolute Gasteiger partial charge is 0.460 e. The summed E-state index contributed by atoms with van der Waals surface area (Å²) in [5, 5.41) is 42.0. The summed E-state index contributed by atoms with van der Waals surface area (Å²) in [5.74, 6) is -0.0224. The molecule has 1 aliphatic rings. The smallest absolute Gasteiger partial charge is 0.251 e. The van der Waals surface area contributed by atoms with Gasteiger partial charge in [-0.05, 0) is 35.4 Å². The predicted octanol–water partition coefficient (Wildman–Crippen LogP) is -0.126. The Bertz CT molecular complexity index is 894. The summed E-state index contributed by atoms with van der Waals surface area (Å²) in [7, 11) is 0. The van der Waals surface area contributed by atoms with Gasteiger partial charge in [-0.25, -0.2) is 0 Å². The van der Waals surface area contributed by atoms with Gasteiger partial charge in [0.2, 0.25) is 6.29 Å². The predicted molar refractivity (Wildman–Crippen MR) is 113 cm³/mol. The minimum atomic E-state index is -1.55. The van der Waals surface area contributed by atoms with E-state index in [9.17, 15) is 25.2 Å². The monoisotopic (exact) mass is 452 g/mol. The fourth-order valence-electron chi connectivity index (χ4n) is 3.17. The van der Waals surface area contributed by atoms with E-state index in [0.717, 1.165) is 11.1 Å². The van der Waals surface area contributed by atoms with Crippen LogP contribution in [-0.4, -0.2) is 76.7 Å². The van der Waals surface area contributed by atoms with Gasteiger partial charge in [-0.1, -0.05) is 29.8 Å². The fraction of sp³-hybridized carbons (Fsp3) is 0.381. The van der Waals surface area contributed by atoms with Crippen molar-refractivity contribution in [3.8, 4) is 16.9 Å². The molecule has 9 nitrogen and oxygen atoms in total. The van der Waals surface area contributed by atoms with Gasteiger partial charge in [0, 0.05) is 18.7 Å². The molecule has 168 valence electrons. The Balaban J connectivity index is 1.72. The first-order chi connectivity index (χ1) is 14.8. The van der Waals surface area contributed by atoms with Crippen molar-refractivity contribution in [1.29, 1.82) is 0 Å². The molecule has 1 heterocycles. The van der Waals surface area contributed by atoms with E-state index < -0.39 is 37.3 Å². The van der Waals surface area contributed by atoms with Crippen molar-refractivity contribution in [2.45, 2.75) is 30.7 Å². The minimum absolute atomic E-state index is 0.188. The minimum Gasteiger partial charge on any atom is -0.460 e. The molecule has 0 bridgehead atoms. The second kappa shape index (κ2) is 10.4. The number of hydrogen-bond acceptors (Lipinski definition) is 8. The highest BCUT2D eigenvalue weighted by Gasteiger charge is 2.44. The number of amides is 1. The van der Waals surface area contributed by atoms with Crippen LogP contribution < -0.4 is 15.8 Å². The SMILES string of the molecule is NCCNC(=O)c1ccc(-c2ccc(O[C@H]3O[C@H](CO)[C@@H](O)[C@H](O)[C@@H]3O)c(Cl)c2)cc1. The lowest BCUT2D eigenvalue weighted by molar-refractivity contribution is -0.277. The summed E-state index contributed by atoms with van der Waals surface area (Å²) >= 11 is 6.32. The van der Waals surface area contributed by atoms with E-state index in [4.69, 9.17) is 26.8 Å². The van der Waals surface area contributed by atoms with Crippen LogP contribution in [0.3, 0.4) is 0 Å². The number of hydrogen-bond donors (Lipinski definition) is 6. The third kappa shape index (κ3) is 5.34. The van der Waals surface area contributed by atoms with Crippen LogP contribution in [-0.2, 0) is 4.74 Å². The zero-order valence-corrected chi connectivity index (χ0v) is 17.3. The molecule has 1 aliphatic heterocycles. The van der Waals surface area contributed by atoms with Crippen molar-refractivity contribution >= 4 is 17.5 Å². The molecule has 0 radical (unpaired) electrons. The Hall–Kier alpha value is -2.24. The lowest BCUT2D eigenvalue weighted by Gasteiger charge is -2.39. The van der Waals surface area contributed by atoms with E-state index in [1.54, 1.807) is 42.5 Å². The Morgan fingerprint density at radius 3 is 2.35 bits per heavy atom. The Labute approximate surface area is 184 Å². The molecule has 1 fully saturated rings. The molecular formula is C21H25ClN2O7. The van der Waals surface area contributed by atoms with Gasteiger partial charge >= 0.3 is 0 Å². The topological polar surface area (TPSA) is 154 Å². The summed E-state index contributed by atoms with van der Waals surface area (Å²) in [6.07, 6.45) is -6.97. The maximum atomic E-state index is 12.0. The van der Waals surface area contributed by atoms with Gasteiger partial charge in [-0.15, -0.1) is 0 Å². The number of carbonyl (C=O) groups excluding carboxylic acids is 1. The van der Waals surface area contributed by atoms with Gasteiger partial charge in [0.15, 0.2) is 0 Å². The molecule has 1 saturated heterocycles. The van der Waals surface area contributed by atoms with Crippen LogP contribution in [0.1, 0.15) is 10.4 Å². The van der Waals surface area contributed by atoms with Crippen LogP contribution in [0.15, 0.2) is 42.5 Å². The van der Waals surface area contributed by atoms with Crippen LogP contribution in [0, 0.1) is 0 Å². The van der Waals surface area contributed by atoms with E-state index in [-0.39, 0.29) is 16.7 Å². The third-order valence-corrected chi connectivity index (χ3v) is 5.23. The first-order valence-corrected chi connectivity index (χ1v) is 10.1. The summed E-state index contributed by atoms with van der Waals surface area (Å²) in [4.78, 5) is 12.0. The second-order valence-corrected chi connectivity index (χ2v) is 7.49. The highest BCUT2D eigenvalue weighted by atomic mass is 35.5. The molecule has 2 aromatic rings. The van der Waals surface area contributed by atoms with Crippen LogP contribution in [0.4, 0.5) is 0 Å². The summed E-state index contributed by atoms with van der Waals surface area (Å²) in [6, 6.07) is 11.9. The number of aliphatic hydroxyl groups is 4. The summed E-state index contributed by atoms with van der Waals surface area (Å²) in [5.41, 5.74) is 7.47.